The van der Waals surface area contributed by atoms with Crippen molar-refractivity contribution in [3.8, 4) is 6.07 Å². The van der Waals surface area contributed by atoms with Crippen molar-refractivity contribution in [2.24, 2.45) is 0 Å². The molecule has 1 rings (SSSR count). The van der Waals surface area contributed by atoms with Gasteiger partial charge in [-0.3, -0.25) is 0 Å². The van der Waals surface area contributed by atoms with Crippen molar-refractivity contribution < 1.29 is 0 Å². The van der Waals surface area contributed by atoms with E-state index < -0.39 is 0 Å². The highest BCUT2D eigenvalue weighted by atomic mass is 32.2. The number of hydrogen-bond acceptors (Lipinski definition) is 4. The fourth-order valence-corrected chi connectivity index (χ4v) is 1.25. The van der Waals surface area contributed by atoms with Crippen molar-refractivity contribution in [2.75, 3.05) is 5.75 Å². The molecule has 11 heavy (non-hydrogen) atoms. The van der Waals surface area contributed by atoms with Gasteiger partial charge in [-0.05, 0) is 6.07 Å². The topological polar surface area (TPSA) is 41.6 Å². The second-order valence-electron chi connectivity index (χ2n) is 1.66. The van der Waals surface area contributed by atoms with E-state index in [1.807, 2.05) is 6.07 Å². The summed E-state index contributed by atoms with van der Waals surface area (Å²) in [5, 5.41) is 12.2. The normalized spacial score (nSPS) is 9.00. The Hall–Kier alpha value is -0.860. The molecule has 5 heteroatoms. The van der Waals surface area contributed by atoms with Crippen molar-refractivity contribution in [1.82, 2.24) is 9.78 Å². The number of nitriles is 1. The third kappa shape index (κ3) is 2.33. The summed E-state index contributed by atoms with van der Waals surface area (Å²) < 4.78 is 2.17. The molecule has 1 aromatic rings. The highest BCUT2D eigenvalue weighted by Gasteiger charge is 1.98. The summed E-state index contributed by atoms with van der Waals surface area (Å²) in [7, 11) is 0. The molecule has 0 aliphatic heterocycles. The molecule has 0 saturated carbocycles. The summed E-state index contributed by atoms with van der Waals surface area (Å²) in [5.74, 6) is 0.374. The van der Waals surface area contributed by atoms with Crippen molar-refractivity contribution in [3.05, 3.63) is 18.5 Å². The van der Waals surface area contributed by atoms with Crippen LogP contribution in [-0.2, 0) is 0 Å². The zero-order valence-electron chi connectivity index (χ0n) is 5.60. The van der Waals surface area contributed by atoms with Crippen LogP contribution in [0.2, 0.25) is 0 Å². The van der Waals surface area contributed by atoms with Crippen LogP contribution in [-0.4, -0.2) is 19.9 Å². The van der Waals surface area contributed by atoms with Crippen molar-refractivity contribution >= 4 is 28.3 Å². The van der Waals surface area contributed by atoms with Gasteiger partial charge in [0.05, 0.1) is 11.8 Å². The molecule has 0 atom stereocenters. The Bertz CT molecular complexity index is 273. The van der Waals surface area contributed by atoms with Gasteiger partial charge >= 0.3 is 0 Å². The van der Waals surface area contributed by atoms with E-state index in [2.05, 4.69) is 5.10 Å². The molecule has 3 nitrogen and oxygen atoms in total. The third-order valence-electron chi connectivity index (χ3n) is 0.952. The van der Waals surface area contributed by atoms with Gasteiger partial charge in [-0.1, -0.05) is 24.0 Å². The Kier molecular flexibility index (Phi) is 3.08. The number of hydrogen-bond donors (Lipinski definition) is 0. The molecule has 1 heterocycles. The van der Waals surface area contributed by atoms with E-state index in [0.717, 1.165) is 0 Å². The maximum atomic E-state index is 8.25. The van der Waals surface area contributed by atoms with Crippen LogP contribution in [0.4, 0.5) is 0 Å². The van der Waals surface area contributed by atoms with Crippen LogP contribution >= 0.6 is 24.0 Å². The Morgan fingerprint density at radius 3 is 3.18 bits per heavy atom. The molecule has 0 amide bonds. The van der Waals surface area contributed by atoms with Crippen molar-refractivity contribution in [2.45, 2.75) is 0 Å². The molecule has 56 valence electrons. The van der Waals surface area contributed by atoms with Gasteiger partial charge in [0.1, 0.15) is 0 Å². The number of aromatic nitrogens is 2. The molecule has 1 aromatic heterocycles. The highest BCUT2D eigenvalue weighted by molar-refractivity contribution is 8.23. The van der Waals surface area contributed by atoms with Gasteiger partial charge in [-0.2, -0.15) is 10.4 Å². The minimum Gasteiger partial charge on any atom is -0.224 e. The van der Waals surface area contributed by atoms with Crippen LogP contribution in [0, 0.1) is 11.3 Å². The largest absolute Gasteiger partial charge is 0.224 e. The number of nitrogens with zero attached hydrogens (tertiary/aromatic N) is 3. The predicted molar refractivity (Wildman–Crippen MR) is 48.3 cm³/mol. The van der Waals surface area contributed by atoms with E-state index in [-0.39, 0.29) is 0 Å². The first-order valence-electron chi connectivity index (χ1n) is 2.88. The second-order valence-corrected chi connectivity index (χ2v) is 3.27. The average Bonchev–Trinajstić information content (AvgIpc) is 2.52. The lowest BCUT2D eigenvalue weighted by Crippen LogP contribution is -2.04. The fourth-order valence-electron chi connectivity index (χ4n) is 0.537. The van der Waals surface area contributed by atoms with Gasteiger partial charge in [0, 0.05) is 12.4 Å². The molecule has 0 N–H and O–H groups in total. The highest BCUT2D eigenvalue weighted by Crippen LogP contribution is 2.04. The van der Waals surface area contributed by atoms with Gasteiger partial charge in [0.25, 0.3) is 0 Å². The first-order valence-corrected chi connectivity index (χ1v) is 4.27. The minimum absolute atomic E-state index is 0.374. The van der Waals surface area contributed by atoms with Gasteiger partial charge in [0.15, 0.2) is 4.32 Å². The third-order valence-corrected chi connectivity index (χ3v) is 2.20. The molecule has 0 unspecified atom stereocenters. The summed E-state index contributed by atoms with van der Waals surface area (Å²) in [5.41, 5.74) is 0. The summed E-state index contributed by atoms with van der Waals surface area (Å²) >= 11 is 6.26. The molecule has 0 spiro atoms. The minimum atomic E-state index is 0.374. The second kappa shape index (κ2) is 4.11. The fraction of sp³-hybridized carbons (Fsp3) is 0.167. The Labute approximate surface area is 74.0 Å². The SMILES string of the molecule is N#CCSC(=S)n1cccn1. The van der Waals surface area contributed by atoms with Crippen LogP contribution in [0.1, 0.15) is 0 Å². The van der Waals surface area contributed by atoms with E-state index in [4.69, 9.17) is 17.5 Å². The summed E-state index contributed by atoms with van der Waals surface area (Å²) in [6.45, 7) is 0. The smallest absolute Gasteiger partial charge is 0.162 e. The first kappa shape index (κ1) is 8.24. The Morgan fingerprint density at radius 2 is 2.64 bits per heavy atom. The van der Waals surface area contributed by atoms with E-state index in [9.17, 15) is 0 Å². The number of thiocarbonyl (C=S) groups is 1. The molecular weight excluding hydrogens is 178 g/mol. The average molecular weight is 183 g/mol. The lowest BCUT2D eigenvalue weighted by molar-refractivity contribution is 0.964. The molecule has 0 radical (unpaired) electrons. The maximum absolute atomic E-state index is 8.25. The molecule has 0 aliphatic carbocycles. The molecule has 0 aromatic carbocycles. The molecule has 0 aliphatic rings. The van der Waals surface area contributed by atoms with Gasteiger partial charge in [0.2, 0.25) is 0 Å². The van der Waals surface area contributed by atoms with E-state index in [1.54, 1.807) is 23.1 Å². The van der Waals surface area contributed by atoms with Gasteiger partial charge in [-0.15, -0.1) is 0 Å². The van der Waals surface area contributed by atoms with Crippen LogP contribution in [0.15, 0.2) is 18.5 Å². The zero-order valence-corrected chi connectivity index (χ0v) is 7.23. The molecule has 0 bridgehead atoms. The molecule has 0 saturated heterocycles. The Balaban J connectivity index is 2.51. The van der Waals surface area contributed by atoms with E-state index >= 15 is 0 Å². The summed E-state index contributed by atoms with van der Waals surface area (Å²) in [6, 6.07) is 3.79. The Morgan fingerprint density at radius 1 is 1.82 bits per heavy atom. The first-order chi connectivity index (χ1) is 5.34. The molecule has 0 fully saturated rings. The summed E-state index contributed by atoms with van der Waals surface area (Å²) in [4.78, 5) is 0. The lowest BCUT2D eigenvalue weighted by Gasteiger charge is -1.97. The van der Waals surface area contributed by atoms with E-state index in [1.165, 1.54) is 11.8 Å². The summed E-state index contributed by atoms with van der Waals surface area (Å²) in [6.07, 6.45) is 3.41. The van der Waals surface area contributed by atoms with Crippen LogP contribution in [0.5, 0.6) is 0 Å². The van der Waals surface area contributed by atoms with Crippen molar-refractivity contribution in [3.63, 3.8) is 0 Å². The van der Waals surface area contributed by atoms with Crippen LogP contribution in [0.3, 0.4) is 0 Å². The van der Waals surface area contributed by atoms with Gasteiger partial charge in [-0.25, -0.2) is 4.68 Å². The standard InChI is InChI=1S/C6H5N3S2/c7-2-5-11-6(10)9-4-1-3-8-9/h1,3-4H,5H2. The maximum Gasteiger partial charge on any atom is 0.162 e. The number of thioether (sulfide) groups is 1. The van der Waals surface area contributed by atoms with E-state index in [0.29, 0.717) is 10.1 Å². The zero-order chi connectivity index (χ0) is 8.10. The lowest BCUT2D eigenvalue weighted by atomic mass is 10.8. The van der Waals surface area contributed by atoms with Gasteiger partial charge < -0.3 is 0 Å². The van der Waals surface area contributed by atoms with Crippen molar-refractivity contribution in [1.29, 1.82) is 5.26 Å². The quantitative estimate of drug-likeness (QED) is 0.615. The monoisotopic (exact) mass is 183 g/mol. The predicted octanol–water partition coefficient (Wildman–Crippen LogP) is 1.27. The number of rotatable bonds is 1. The molecular formula is C6H5N3S2. The van der Waals surface area contributed by atoms with Crippen LogP contribution in [0.25, 0.3) is 0 Å². The van der Waals surface area contributed by atoms with Crippen LogP contribution < -0.4 is 0 Å².